The van der Waals surface area contributed by atoms with Crippen LogP contribution in [0.15, 0.2) is 12.1 Å². The van der Waals surface area contributed by atoms with Gasteiger partial charge >= 0.3 is 0 Å². The van der Waals surface area contributed by atoms with Crippen molar-refractivity contribution in [2.75, 3.05) is 23.7 Å². The number of thiazole rings is 1. The summed E-state index contributed by atoms with van der Waals surface area (Å²) in [6, 6.07) is 4.26. The number of rotatable bonds is 1. The number of hydrogen-bond acceptors (Lipinski definition) is 4. The van der Waals surface area contributed by atoms with Crippen LogP contribution in [0.25, 0.3) is 10.2 Å². The molecule has 0 aliphatic carbocycles. The second kappa shape index (κ2) is 5.00. The van der Waals surface area contributed by atoms with Crippen LogP contribution < -0.4 is 10.6 Å². The summed E-state index contributed by atoms with van der Waals surface area (Å²) in [6.45, 7) is 6.62. The normalized spacial score (nSPS) is 20.7. The zero-order chi connectivity index (χ0) is 13.4. The monoisotopic (exact) mass is 275 g/mol. The average Bonchev–Trinajstić information content (AvgIpc) is 2.57. The number of aryl methyl sites for hydroxylation is 1. The van der Waals surface area contributed by atoms with E-state index in [0.717, 1.165) is 35.2 Å². The lowest BCUT2D eigenvalue weighted by molar-refractivity contribution is 0.521. The smallest absolute Gasteiger partial charge is 0.0907 e. The SMILES string of the molecule is Cc1nc2cc(N3CCCC(C)CC3)c(N)cc2s1. The van der Waals surface area contributed by atoms with Crippen LogP contribution in [0.2, 0.25) is 0 Å². The largest absolute Gasteiger partial charge is 0.397 e. The maximum atomic E-state index is 6.25. The fourth-order valence-corrected chi connectivity index (χ4v) is 3.73. The van der Waals surface area contributed by atoms with Gasteiger partial charge in [-0.2, -0.15) is 0 Å². The van der Waals surface area contributed by atoms with Gasteiger partial charge in [0.1, 0.15) is 0 Å². The first-order valence-corrected chi connectivity index (χ1v) is 7.87. The molecule has 1 atom stereocenters. The van der Waals surface area contributed by atoms with Crippen molar-refractivity contribution in [1.29, 1.82) is 0 Å². The number of aromatic nitrogens is 1. The first-order valence-electron chi connectivity index (χ1n) is 7.05. The minimum atomic E-state index is 0.830. The highest BCUT2D eigenvalue weighted by Crippen LogP contribution is 2.33. The maximum Gasteiger partial charge on any atom is 0.0907 e. The van der Waals surface area contributed by atoms with Gasteiger partial charge in [-0.25, -0.2) is 4.98 Å². The van der Waals surface area contributed by atoms with E-state index in [1.807, 2.05) is 6.92 Å². The van der Waals surface area contributed by atoms with Crippen molar-refractivity contribution >= 4 is 32.9 Å². The van der Waals surface area contributed by atoms with Crippen LogP contribution in [0.1, 0.15) is 31.2 Å². The van der Waals surface area contributed by atoms with Gasteiger partial charge in [0.2, 0.25) is 0 Å². The summed E-state index contributed by atoms with van der Waals surface area (Å²) in [5.74, 6) is 0.830. The Balaban J connectivity index is 1.96. The van der Waals surface area contributed by atoms with Crippen molar-refractivity contribution in [3.8, 4) is 0 Å². The minimum absolute atomic E-state index is 0.830. The van der Waals surface area contributed by atoms with Crippen molar-refractivity contribution in [3.05, 3.63) is 17.1 Å². The maximum absolute atomic E-state index is 6.25. The minimum Gasteiger partial charge on any atom is -0.397 e. The van der Waals surface area contributed by atoms with E-state index in [1.165, 1.54) is 29.6 Å². The van der Waals surface area contributed by atoms with Crippen LogP contribution in [0.5, 0.6) is 0 Å². The van der Waals surface area contributed by atoms with Crippen LogP contribution in [-0.2, 0) is 0 Å². The predicted octanol–water partition coefficient (Wildman–Crippen LogP) is 3.81. The van der Waals surface area contributed by atoms with Crippen molar-refractivity contribution in [1.82, 2.24) is 4.98 Å². The number of nitrogen functional groups attached to an aromatic ring is 1. The van der Waals surface area contributed by atoms with Gasteiger partial charge in [-0.15, -0.1) is 11.3 Å². The Kier molecular flexibility index (Phi) is 3.35. The predicted molar refractivity (Wildman–Crippen MR) is 84.0 cm³/mol. The Morgan fingerprint density at radius 2 is 2.16 bits per heavy atom. The molecule has 1 aromatic heterocycles. The van der Waals surface area contributed by atoms with Crippen molar-refractivity contribution in [2.45, 2.75) is 33.1 Å². The number of nitrogens with two attached hydrogens (primary N) is 1. The van der Waals surface area contributed by atoms with Crippen molar-refractivity contribution < 1.29 is 0 Å². The number of nitrogens with zero attached hydrogens (tertiary/aromatic N) is 2. The molecule has 1 aliphatic heterocycles. The van der Waals surface area contributed by atoms with Crippen molar-refractivity contribution in [3.63, 3.8) is 0 Å². The summed E-state index contributed by atoms with van der Waals surface area (Å²) in [6.07, 6.45) is 3.84. The number of fused-ring (bicyclic) bond motifs is 1. The molecule has 2 N–H and O–H groups in total. The number of benzene rings is 1. The van der Waals surface area contributed by atoms with E-state index in [2.05, 4.69) is 28.9 Å². The second-order valence-electron chi connectivity index (χ2n) is 5.63. The van der Waals surface area contributed by atoms with E-state index >= 15 is 0 Å². The van der Waals surface area contributed by atoms with Gasteiger partial charge in [-0.1, -0.05) is 6.92 Å². The standard InChI is InChI=1S/C15H21N3S/c1-10-4-3-6-18(7-5-10)14-9-13-15(8-12(14)16)19-11(2)17-13/h8-10H,3-7,16H2,1-2H3. The van der Waals surface area contributed by atoms with E-state index < -0.39 is 0 Å². The zero-order valence-electron chi connectivity index (χ0n) is 11.6. The molecule has 19 heavy (non-hydrogen) atoms. The van der Waals surface area contributed by atoms with Gasteiger partial charge in [0.05, 0.1) is 26.6 Å². The third-order valence-corrected chi connectivity index (χ3v) is 4.93. The van der Waals surface area contributed by atoms with Crippen LogP contribution in [0, 0.1) is 12.8 Å². The molecular weight excluding hydrogens is 254 g/mol. The van der Waals surface area contributed by atoms with Crippen LogP contribution >= 0.6 is 11.3 Å². The zero-order valence-corrected chi connectivity index (χ0v) is 12.5. The molecule has 3 nitrogen and oxygen atoms in total. The highest BCUT2D eigenvalue weighted by Gasteiger charge is 2.17. The summed E-state index contributed by atoms with van der Waals surface area (Å²) in [4.78, 5) is 7.02. The molecule has 3 rings (SSSR count). The Morgan fingerprint density at radius 1 is 1.32 bits per heavy atom. The Bertz CT molecular complexity index is 590. The Labute approximate surface area is 118 Å². The van der Waals surface area contributed by atoms with E-state index in [-0.39, 0.29) is 0 Å². The molecule has 1 aliphatic rings. The molecule has 4 heteroatoms. The molecule has 0 saturated carbocycles. The molecule has 102 valence electrons. The average molecular weight is 275 g/mol. The highest BCUT2D eigenvalue weighted by molar-refractivity contribution is 7.18. The van der Waals surface area contributed by atoms with Gasteiger partial charge < -0.3 is 10.6 Å². The second-order valence-corrected chi connectivity index (χ2v) is 6.87. The third kappa shape index (κ3) is 2.54. The van der Waals surface area contributed by atoms with Crippen molar-refractivity contribution in [2.24, 2.45) is 5.92 Å². The summed E-state index contributed by atoms with van der Waals surface area (Å²) in [5, 5.41) is 1.11. The van der Waals surface area contributed by atoms with Gasteiger partial charge in [0.15, 0.2) is 0 Å². The van der Waals surface area contributed by atoms with Crippen LogP contribution in [-0.4, -0.2) is 18.1 Å². The lowest BCUT2D eigenvalue weighted by atomic mass is 10.0. The molecule has 2 heterocycles. The van der Waals surface area contributed by atoms with E-state index in [4.69, 9.17) is 5.73 Å². The van der Waals surface area contributed by atoms with E-state index in [1.54, 1.807) is 11.3 Å². The summed E-state index contributed by atoms with van der Waals surface area (Å²) in [7, 11) is 0. The van der Waals surface area contributed by atoms with Gasteiger partial charge in [0.25, 0.3) is 0 Å². The molecule has 0 amide bonds. The molecular formula is C15H21N3S. The first-order chi connectivity index (χ1) is 9.13. The fraction of sp³-hybridized carbons (Fsp3) is 0.533. The number of hydrogen-bond donors (Lipinski definition) is 1. The van der Waals surface area contributed by atoms with Crippen LogP contribution in [0.4, 0.5) is 11.4 Å². The summed E-state index contributed by atoms with van der Waals surface area (Å²) in [5.41, 5.74) is 9.40. The molecule has 0 bridgehead atoms. The van der Waals surface area contributed by atoms with E-state index in [9.17, 15) is 0 Å². The molecule has 0 radical (unpaired) electrons. The number of anilines is 2. The lowest BCUT2D eigenvalue weighted by Gasteiger charge is -2.24. The third-order valence-electron chi connectivity index (χ3n) is 4.00. The fourth-order valence-electron chi connectivity index (χ4n) is 2.87. The molecule has 0 spiro atoms. The highest BCUT2D eigenvalue weighted by atomic mass is 32.1. The van der Waals surface area contributed by atoms with E-state index in [0.29, 0.717) is 0 Å². The van der Waals surface area contributed by atoms with Gasteiger partial charge in [0, 0.05) is 13.1 Å². The molecule has 1 fully saturated rings. The topological polar surface area (TPSA) is 42.2 Å². The van der Waals surface area contributed by atoms with Crippen LogP contribution in [0.3, 0.4) is 0 Å². The Hall–Kier alpha value is -1.29. The molecule has 1 aromatic carbocycles. The molecule has 1 unspecified atom stereocenters. The Morgan fingerprint density at radius 3 is 3.00 bits per heavy atom. The lowest BCUT2D eigenvalue weighted by Crippen LogP contribution is -2.25. The molecule has 2 aromatic rings. The molecule has 1 saturated heterocycles. The first kappa shape index (κ1) is 12.7. The van der Waals surface area contributed by atoms with Gasteiger partial charge in [-0.05, 0) is 44.2 Å². The summed E-state index contributed by atoms with van der Waals surface area (Å²) < 4.78 is 1.20. The van der Waals surface area contributed by atoms with Gasteiger partial charge in [-0.3, -0.25) is 0 Å². The quantitative estimate of drug-likeness (QED) is 0.805. The summed E-state index contributed by atoms with van der Waals surface area (Å²) >= 11 is 1.72.